The Labute approximate surface area is 90.7 Å². The van der Waals surface area contributed by atoms with Crippen molar-refractivity contribution in [2.45, 2.75) is 0 Å². The summed E-state index contributed by atoms with van der Waals surface area (Å²) in [6.07, 6.45) is 0. The number of aromatic amines is 1. The van der Waals surface area contributed by atoms with Crippen LogP contribution in [-0.4, -0.2) is 38.7 Å². The molecule has 0 spiro atoms. The van der Waals surface area contributed by atoms with Crippen molar-refractivity contribution in [3.8, 4) is 5.75 Å². The van der Waals surface area contributed by atoms with Gasteiger partial charge in [-0.3, -0.25) is 9.69 Å². The maximum Gasteiger partial charge on any atom is 0.272 e. The van der Waals surface area contributed by atoms with Crippen LogP contribution in [0.25, 0.3) is 0 Å². The number of phenols is 1. The molecule has 0 unspecified atom stereocenters. The van der Waals surface area contributed by atoms with Gasteiger partial charge in [0, 0.05) is 7.05 Å². The van der Waals surface area contributed by atoms with E-state index in [1.807, 2.05) is 0 Å². The Balaban J connectivity index is 2.30. The van der Waals surface area contributed by atoms with Gasteiger partial charge in [0.25, 0.3) is 11.9 Å². The SMILES string of the molecule is CN(C(=O)c1ccccc1O)c1nn[nH]n1. The number of hydrogen-bond donors (Lipinski definition) is 2. The first kappa shape index (κ1) is 10.1. The van der Waals surface area contributed by atoms with Crippen molar-refractivity contribution in [1.29, 1.82) is 0 Å². The second-order valence-corrected chi connectivity index (χ2v) is 3.09. The highest BCUT2D eigenvalue weighted by atomic mass is 16.3. The van der Waals surface area contributed by atoms with Gasteiger partial charge in [0.05, 0.1) is 5.56 Å². The van der Waals surface area contributed by atoms with Crippen molar-refractivity contribution in [3.63, 3.8) is 0 Å². The lowest BCUT2D eigenvalue weighted by atomic mass is 10.2. The number of H-pyrrole nitrogens is 1. The van der Waals surface area contributed by atoms with Crippen molar-refractivity contribution in [2.75, 3.05) is 11.9 Å². The van der Waals surface area contributed by atoms with Gasteiger partial charge in [-0.1, -0.05) is 17.2 Å². The molecule has 1 amide bonds. The molecule has 2 aromatic rings. The minimum atomic E-state index is -0.403. The van der Waals surface area contributed by atoms with Gasteiger partial charge in [0.1, 0.15) is 5.75 Å². The van der Waals surface area contributed by atoms with Gasteiger partial charge in [-0.15, -0.1) is 5.10 Å². The molecule has 82 valence electrons. The summed E-state index contributed by atoms with van der Waals surface area (Å²) in [4.78, 5) is 13.1. The van der Waals surface area contributed by atoms with E-state index in [4.69, 9.17) is 0 Å². The highest BCUT2D eigenvalue weighted by Gasteiger charge is 2.19. The number of carbonyl (C=O) groups is 1. The van der Waals surface area contributed by atoms with E-state index in [-0.39, 0.29) is 17.3 Å². The van der Waals surface area contributed by atoms with Crippen molar-refractivity contribution in [3.05, 3.63) is 29.8 Å². The Hall–Kier alpha value is -2.44. The molecule has 1 aromatic carbocycles. The van der Waals surface area contributed by atoms with Crippen LogP contribution in [0.2, 0.25) is 0 Å². The summed E-state index contributed by atoms with van der Waals surface area (Å²) in [6.45, 7) is 0. The molecule has 0 bridgehead atoms. The molecular formula is C9H9N5O2. The van der Waals surface area contributed by atoms with Crippen LogP contribution >= 0.6 is 0 Å². The van der Waals surface area contributed by atoms with Gasteiger partial charge < -0.3 is 5.11 Å². The van der Waals surface area contributed by atoms with Gasteiger partial charge in [0.15, 0.2) is 0 Å². The molecule has 0 radical (unpaired) electrons. The van der Waals surface area contributed by atoms with Gasteiger partial charge in [-0.25, -0.2) is 0 Å². The number of amides is 1. The Bertz CT molecular complexity index is 496. The van der Waals surface area contributed by atoms with E-state index in [0.717, 1.165) is 0 Å². The molecule has 16 heavy (non-hydrogen) atoms. The van der Waals surface area contributed by atoms with E-state index in [0.29, 0.717) is 0 Å². The Kier molecular flexibility index (Phi) is 2.50. The monoisotopic (exact) mass is 219 g/mol. The quantitative estimate of drug-likeness (QED) is 0.751. The van der Waals surface area contributed by atoms with Crippen LogP contribution in [0.15, 0.2) is 24.3 Å². The lowest BCUT2D eigenvalue weighted by Crippen LogP contribution is -2.27. The summed E-state index contributed by atoms with van der Waals surface area (Å²) < 4.78 is 0. The molecule has 0 saturated heterocycles. The normalized spacial score (nSPS) is 10.1. The van der Waals surface area contributed by atoms with Gasteiger partial charge in [0.2, 0.25) is 0 Å². The molecule has 0 atom stereocenters. The van der Waals surface area contributed by atoms with Crippen LogP contribution in [0.1, 0.15) is 10.4 Å². The van der Waals surface area contributed by atoms with Crippen LogP contribution in [0.4, 0.5) is 5.95 Å². The summed E-state index contributed by atoms with van der Waals surface area (Å²) in [6, 6.07) is 6.27. The van der Waals surface area contributed by atoms with E-state index >= 15 is 0 Å². The zero-order valence-corrected chi connectivity index (χ0v) is 8.45. The van der Waals surface area contributed by atoms with Crippen LogP contribution in [-0.2, 0) is 0 Å². The number of tetrazole rings is 1. The standard InChI is InChI=1S/C9H9N5O2/c1-14(9-10-12-13-11-9)8(16)6-4-2-3-5-7(6)15/h2-5,15H,1H3,(H,10,11,12,13). The summed E-state index contributed by atoms with van der Waals surface area (Å²) >= 11 is 0. The summed E-state index contributed by atoms with van der Waals surface area (Å²) in [5.74, 6) is -0.337. The molecule has 2 N–H and O–H groups in total. The fourth-order valence-electron chi connectivity index (χ4n) is 1.22. The minimum Gasteiger partial charge on any atom is -0.507 e. The van der Waals surface area contributed by atoms with Crippen LogP contribution in [0.3, 0.4) is 0 Å². The number of hydrogen-bond acceptors (Lipinski definition) is 5. The summed E-state index contributed by atoms with van der Waals surface area (Å²) in [7, 11) is 1.50. The molecule has 1 heterocycles. The second kappa shape index (κ2) is 3.97. The number of benzene rings is 1. The number of anilines is 1. The van der Waals surface area contributed by atoms with E-state index < -0.39 is 5.91 Å². The Morgan fingerprint density at radius 2 is 2.19 bits per heavy atom. The predicted molar refractivity (Wildman–Crippen MR) is 55.0 cm³/mol. The van der Waals surface area contributed by atoms with Crippen molar-refractivity contribution < 1.29 is 9.90 Å². The number of aromatic nitrogens is 4. The number of nitrogens with one attached hydrogen (secondary N) is 1. The number of phenolic OH excluding ortho intramolecular Hbond substituents is 1. The lowest BCUT2D eigenvalue weighted by molar-refractivity contribution is 0.0989. The Morgan fingerprint density at radius 3 is 2.81 bits per heavy atom. The smallest absolute Gasteiger partial charge is 0.272 e. The zero-order chi connectivity index (χ0) is 11.5. The second-order valence-electron chi connectivity index (χ2n) is 3.09. The Morgan fingerprint density at radius 1 is 1.44 bits per heavy atom. The molecule has 0 fully saturated rings. The number of nitrogens with zero attached hydrogens (tertiary/aromatic N) is 4. The van der Waals surface area contributed by atoms with Crippen LogP contribution in [0, 0.1) is 0 Å². The molecular weight excluding hydrogens is 210 g/mol. The van der Waals surface area contributed by atoms with E-state index in [2.05, 4.69) is 20.6 Å². The molecule has 2 rings (SSSR count). The van der Waals surface area contributed by atoms with E-state index in [1.54, 1.807) is 12.1 Å². The molecule has 7 nitrogen and oxygen atoms in total. The van der Waals surface area contributed by atoms with Crippen molar-refractivity contribution in [1.82, 2.24) is 20.6 Å². The van der Waals surface area contributed by atoms with Gasteiger partial charge >= 0.3 is 0 Å². The van der Waals surface area contributed by atoms with E-state index in [9.17, 15) is 9.90 Å². The van der Waals surface area contributed by atoms with Gasteiger partial charge in [-0.05, 0) is 17.3 Å². The molecule has 0 saturated carbocycles. The first-order valence-corrected chi connectivity index (χ1v) is 4.49. The third kappa shape index (κ3) is 1.70. The average molecular weight is 219 g/mol. The third-order valence-corrected chi connectivity index (χ3v) is 2.07. The molecule has 0 aliphatic heterocycles. The number of carbonyl (C=O) groups excluding carboxylic acids is 1. The van der Waals surface area contributed by atoms with Crippen molar-refractivity contribution >= 4 is 11.9 Å². The predicted octanol–water partition coefficient (Wildman–Crippen LogP) is 0.182. The van der Waals surface area contributed by atoms with Crippen molar-refractivity contribution in [2.24, 2.45) is 0 Å². The molecule has 0 aliphatic carbocycles. The molecule has 7 heteroatoms. The number of para-hydroxylation sites is 1. The topological polar surface area (TPSA) is 95.0 Å². The van der Waals surface area contributed by atoms with E-state index in [1.165, 1.54) is 24.1 Å². The first-order valence-electron chi connectivity index (χ1n) is 4.49. The maximum atomic E-state index is 11.9. The fraction of sp³-hybridized carbons (Fsp3) is 0.111. The highest BCUT2D eigenvalue weighted by Crippen LogP contribution is 2.18. The minimum absolute atomic E-state index is 0.0807. The number of aromatic hydroxyl groups is 1. The largest absolute Gasteiger partial charge is 0.507 e. The lowest BCUT2D eigenvalue weighted by Gasteiger charge is -2.12. The van der Waals surface area contributed by atoms with Crippen LogP contribution in [0.5, 0.6) is 5.75 Å². The molecule has 0 aliphatic rings. The maximum absolute atomic E-state index is 11.9. The molecule has 1 aromatic heterocycles. The third-order valence-electron chi connectivity index (χ3n) is 2.07. The summed E-state index contributed by atoms with van der Waals surface area (Å²) in [5.41, 5.74) is 0.190. The first-order chi connectivity index (χ1) is 7.70. The highest BCUT2D eigenvalue weighted by molar-refractivity contribution is 6.06. The van der Waals surface area contributed by atoms with Gasteiger partial charge in [-0.2, -0.15) is 5.21 Å². The van der Waals surface area contributed by atoms with Crippen LogP contribution < -0.4 is 4.90 Å². The zero-order valence-electron chi connectivity index (χ0n) is 8.45. The number of rotatable bonds is 2. The fourth-order valence-corrected chi connectivity index (χ4v) is 1.22. The average Bonchev–Trinajstić information content (AvgIpc) is 2.81. The summed E-state index contributed by atoms with van der Waals surface area (Å²) in [5, 5.41) is 22.4.